The third kappa shape index (κ3) is 6.67. The lowest BCUT2D eigenvalue weighted by Crippen LogP contribution is -2.43. The third-order valence-electron chi connectivity index (χ3n) is 5.27. The molecule has 2 aromatic carbocycles. The average molecular weight is 595 g/mol. The van der Waals surface area contributed by atoms with Crippen LogP contribution in [0.5, 0.6) is 5.75 Å². The number of hydrogen-bond donors (Lipinski definition) is 1. The quantitative estimate of drug-likeness (QED) is 0.483. The topological polar surface area (TPSA) is 105 Å². The number of nitrogens with one attached hydrogen (secondary N) is 1. The van der Waals surface area contributed by atoms with E-state index in [1.807, 2.05) is 0 Å². The molecule has 4 rings (SSSR count). The summed E-state index contributed by atoms with van der Waals surface area (Å²) in [4.78, 5) is 52.5. The second-order valence-electron chi connectivity index (χ2n) is 7.79. The van der Waals surface area contributed by atoms with Gasteiger partial charge in [-0.15, -0.1) is 0 Å². The molecule has 0 aromatic heterocycles. The highest BCUT2D eigenvalue weighted by molar-refractivity contribution is 9.10. The van der Waals surface area contributed by atoms with Crippen LogP contribution in [0.2, 0.25) is 5.02 Å². The Kier molecular flexibility index (Phi) is 8.68. The van der Waals surface area contributed by atoms with Gasteiger partial charge >= 0.3 is 0 Å². The second-order valence-corrected chi connectivity index (χ2v) is 10.1. The van der Waals surface area contributed by atoms with Gasteiger partial charge in [-0.3, -0.25) is 24.1 Å². The van der Waals surface area contributed by atoms with Crippen LogP contribution in [-0.4, -0.2) is 72.2 Å². The molecule has 0 unspecified atom stereocenters. The summed E-state index contributed by atoms with van der Waals surface area (Å²) < 4.78 is 11.5. The Morgan fingerprint density at radius 3 is 2.56 bits per heavy atom. The molecular formula is C24H21BrClN3O6S. The largest absolute Gasteiger partial charge is 0.483 e. The molecule has 0 spiro atoms. The van der Waals surface area contributed by atoms with Gasteiger partial charge in [0.25, 0.3) is 17.1 Å². The van der Waals surface area contributed by atoms with E-state index >= 15 is 0 Å². The minimum absolute atomic E-state index is 0.102. The number of anilines is 1. The van der Waals surface area contributed by atoms with E-state index in [9.17, 15) is 19.2 Å². The highest BCUT2D eigenvalue weighted by Crippen LogP contribution is 2.34. The van der Waals surface area contributed by atoms with Crippen LogP contribution in [-0.2, 0) is 19.1 Å². The fourth-order valence-electron chi connectivity index (χ4n) is 3.43. The molecule has 2 fully saturated rings. The fourth-order valence-corrected chi connectivity index (χ4v) is 4.91. The first-order valence-corrected chi connectivity index (χ1v) is 12.9. The molecule has 0 saturated carbocycles. The molecule has 0 bridgehead atoms. The summed E-state index contributed by atoms with van der Waals surface area (Å²) in [7, 11) is 0. The summed E-state index contributed by atoms with van der Waals surface area (Å²) >= 11 is 10.0. The first-order valence-electron chi connectivity index (χ1n) is 10.9. The molecular weight excluding hydrogens is 574 g/mol. The molecule has 36 heavy (non-hydrogen) atoms. The molecule has 0 radical (unpaired) electrons. The van der Waals surface area contributed by atoms with Gasteiger partial charge < -0.3 is 19.7 Å². The fraction of sp³-hybridized carbons (Fsp3) is 0.250. The SMILES string of the molecule is O=C(CN1C(=O)S/C(=C\c2ccc(OCC(=O)N3CCOCC3)c(Br)c2)C1=O)Nc1ccc(Cl)cc1. The van der Waals surface area contributed by atoms with Crippen LogP contribution >= 0.6 is 39.3 Å². The highest BCUT2D eigenvalue weighted by atomic mass is 79.9. The van der Waals surface area contributed by atoms with Crippen molar-refractivity contribution >= 4 is 74.0 Å². The summed E-state index contributed by atoms with van der Waals surface area (Å²) in [5.41, 5.74) is 1.15. The first kappa shape index (κ1) is 26.2. The van der Waals surface area contributed by atoms with Gasteiger partial charge in [-0.2, -0.15) is 0 Å². The van der Waals surface area contributed by atoms with Crippen molar-refractivity contribution < 1.29 is 28.7 Å². The molecule has 2 aromatic rings. The van der Waals surface area contributed by atoms with Gasteiger partial charge in [0.1, 0.15) is 12.3 Å². The van der Waals surface area contributed by atoms with Crippen molar-refractivity contribution in [1.29, 1.82) is 0 Å². The number of imide groups is 1. The van der Waals surface area contributed by atoms with Crippen molar-refractivity contribution in [1.82, 2.24) is 9.80 Å². The van der Waals surface area contributed by atoms with Crippen molar-refractivity contribution in [2.75, 3.05) is 44.8 Å². The van der Waals surface area contributed by atoms with Crippen LogP contribution in [0.15, 0.2) is 51.8 Å². The number of rotatable bonds is 7. The van der Waals surface area contributed by atoms with E-state index < -0.39 is 23.6 Å². The number of carbonyl (C=O) groups is 4. The van der Waals surface area contributed by atoms with Gasteiger partial charge in [0.05, 0.1) is 22.6 Å². The van der Waals surface area contributed by atoms with Crippen LogP contribution in [0.25, 0.3) is 6.08 Å². The van der Waals surface area contributed by atoms with Crippen LogP contribution in [0.4, 0.5) is 10.5 Å². The van der Waals surface area contributed by atoms with E-state index in [4.69, 9.17) is 21.1 Å². The third-order valence-corrected chi connectivity index (χ3v) is 7.05. The molecule has 0 aliphatic carbocycles. The van der Waals surface area contributed by atoms with Gasteiger partial charge in [-0.25, -0.2) is 0 Å². The molecule has 4 amide bonds. The van der Waals surface area contributed by atoms with Crippen molar-refractivity contribution in [3.05, 3.63) is 62.4 Å². The van der Waals surface area contributed by atoms with Gasteiger partial charge in [-0.05, 0) is 75.7 Å². The van der Waals surface area contributed by atoms with Gasteiger partial charge in [0, 0.05) is 23.8 Å². The zero-order valence-corrected chi connectivity index (χ0v) is 22.0. The molecule has 9 nitrogen and oxygen atoms in total. The minimum Gasteiger partial charge on any atom is -0.483 e. The van der Waals surface area contributed by atoms with Gasteiger partial charge in [0.2, 0.25) is 5.91 Å². The highest BCUT2D eigenvalue weighted by Gasteiger charge is 2.36. The Hall–Kier alpha value is -2.86. The van der Waals surface area contributed by atoms with E-state index in [1.165, 1.54) is 0 Å². The lowest BCUT2D eigenvalue weighted by atomic mass is 10.2. The molecule has 2 heterocycles. The summed E-state index contributed by atoms with van der Waals surface area (Å²) in [6.07, 6.45) is 1.56. The summed E-state index contributed by atoms with van der Waals surface area (Å²) in [6.45, 7) is 1.61. The number of carbonyl (C=O) groups excluding carboxylic acids is 4. The van der Waals surface area contributed by atoms with Crippen LogP contribution in [0.1, 0.15) is 5.56 Å². The number of halogens is 2. The Morgan fingerprint density at radius 1 is 1.14 bits per heavy atom. The van der Waals surface area contributed by atoms with E-state index in [0.29, 0.717) is 52.8 Å². The Morgan fingerprint density at radius 2 is 1.86 bits per heavy atom. The number of nitrogens with zero attached hydrogens (tertiary/aromatic N) is 2. The molecule has 188 valence electrons. The number of ether oxygens (including phenoxy) is 2. The van der Waals surface area contributed by atoms with Crippen molar-refractivity contribution in [2.45, 2.75) is 0 Å². The van der Waals surface area contributed by atoms with Gasteiger partial charge in [-0.1, -0.05) is 17.7 Å². The van der Waals surface area contributed by atoms with Crippen molar-refractivity contribution in [2.24, 2.45) is 0 Å². The first-order chi connectivity index (χ1) is 17.3. The smallest absolute Gasteiger partial charge is 0.294 e. The number of amides is 4. The lowest BCUT2D eigenvalue weighted by Gasteiger charge is -2.26. The Bertz CT molecular complexity index is 1220. The number of hydrogen-bond acceptors (Lipinski definition) is 7. The van der Waals surface area contributed by atoms with E-state index in [0.717, 1.165) is 16.7 Å². The maximum absolute atomic E-state index is 12.8. The average Bonchev–Trinajstić information content (AvgIpc) is 3.12. The molecule has 1 N–H and O–H groups in total. The van der Waals surface area contributed by atoms with E-state index in [1.54, 1.807) is 53.4 Å². The lowest BCUT2D eigenvalue weighted by molar-refractivity contribution is -0.137. The molecule has 12 heteroatoms. The van der Waals surface area contributed by atoms with E-state index in [2.05, 4.69) is 21.2 Å². The molecule has 2 aliphatic heterocycles. The van der Waals surface area contributed by atoms with Crippen molar-refractivity contribution in [3.8, 4) is 5.75 Å². The normalized spacial score (nSPS) is 17.0. The minimum atomic E-state index is -0.552. The zero-order valence-electron chi connectivity index (χ0n) is 18.9. The molecule has 0 atom stereocenters. The number of benzene rings is 2. The number of thioether (sulfide) groups is 1. The Balaban J connectivity index is 1.35. The standard InChI is InChI=1S/C24H21BrClN3O6S/c25-18-11-15(1-6-19(18)35-14-22(31)28-7-9-34-10-8-28)12-20-23(32)29(24(33)36-20)13-21(30)27-17-4-2-16(26)3-5-17/h1-6,11-12H,7-10,13-14H2,(H,27,30)/b20-12-. The second kappa shape index (κ2) is 11.9. The van der Waals surface area contributed by atoms with E-state index in [-0.39, 0.29) is 17.4 Å². The summed E-state index contributed by atoms with van der Waals surface area (Å²) in [5.74, 6) is -0.704. The zero-order chi connectivity index (χ0) is 25.7. The molecule has 2 saturated heterocycles. The number of morpholine rings is 1. The summed E-state index contributed by atoms with van der Waals surface area (Å²) in [6, 6.07) is 11.6. The Labute approximate surface area is 224 Å². The maximum Gasteiger partial charge on any atom is 0.294 e. The van der Waals surface area contributed by atoms with Crippen molar-refractivity contribution in [3.63, 3.8) is 0 Å². The maximum atomic E-state index is 12.8. The summed E-state index contributed by atoms with van der Waals surface area (Å²) in [5, 5.41) is 2.63. The van der Waals surface area contributed by atoms with Crippen LogP contribution in [0, 0.1) is 0 Å². The monoisotopic (exact) mass is 593 g/mol. The predicted octanol–water partition coefficient (Wildman–Crippen LogP) is 4.02. The van der Waals surface area contributed by atoms with Crippen LogP contribution < -0.4 is 10.1 Å². The van der Waals surface area contributed by atoms with Gasteiger partial charge in [0.15, 0.2) is 6.61 Å². The molecule has 2 aliphatic rings. The predicted molar refractivity (Wildman–Crippen MR) is 140 cm³/mol. The van der Waals surface area contributed by atoms with Crippen LogP contribution in [0.3, 0.4) is 0 Å².